The Morgan fingerprint density at radius 3 is 2.62 bits per heavy atom. The molecule has 1 amide bonds. The molecule has 132 valence electrons. The van der Waals surface area contributed by atoms with Crippen molar-refractivity contribution in [1.82, 2.24) is 10.6 Å². The largest absolute Gasteiger partial charge is 0.416 e. The molecule has 2 aliphatic rings. The van der Waals surface area contributed by atoms with Crippen molar-refractivity contribution < 1.29 is 18.0 Å². The van der Waals surface area contributed by atoms with Crippen LogP contribution < -0.4 is 10.6 Å². The second kappa shape index (κ2) is 7.15. The molecule has 0 radical (unpaired) electrons. The van der Waals surface area contributed by atoms with Crippen LogP contribution in [-0.4, -0.2) is 25.5 Å². The average molecular weight is 361 g/mol. The molecule has 0 bridgehead atoms. The van der Waals surface area contributed by atoms with Gasteiger partial charge in [0, 0.05) is 13.1 Å². The van der Waals surface area contributed by atoms with Gasteiger partial charge in [0.2, 0.25) is 5.91 Å². The van der Waals surface area contributed by atoms with Crippen LogP contribution in [0.2, 0.25) is 0 Å². The zero-order valence-corrected chi connectivity index (χ0v) is 13.9. The lowest BCUT2D eigenvalue weighted by Gasteiger charge is -2.19. The molecule has 1 aromatic rings. The van der Waals surface area contributed by atoms with Crippen LogP contribution in [0.15, 0.2) is 35.9 Å². The molecule has 0 aromatic heterocycles. The SMILES string of the molecule is Cl.O=C(NCC1=CCNCC1)C1(c2cccc(C(F)(F)F)c2)CC1. The van der Waals surface area contributed by atoms with Gasteiger partial charge in [-0.2, -0.15) is 13.2 Å². The van der Waals surface area contributed by atoms with Gasteiger partial charge >= 0.3 is 6.18 Å². The van der Waals surface area contributed by atoms with Gasteiger partial charge in [-0.15, -0.1) is 12.4 Å². The van der Waals surface area contributed by atoms with Crippen molar-refractivity contribution >= 4 is 18.3 Å². The number of nitrogens with one attached hydrogen (secondary N) is 2. The number of benzene rings is 1. The summed E-state index contributed by atoms with van der Waals surface area (Å²) in [5, 5.41) is 6.09. The maximum Gasteiger partial charge on any atom is 0.416 e. The van der Waals surface area contributed by atoms with Gasteiger partial charge in [-0.05, 0) is 37.4 Å². The predicted molar refractivity (Wildman–Crippen MR) is 88.2 cm³/mol. The van der Waals surface area contributed by atoms with E-state index in [1.165, 1.54) is 6.07 Å². The first-order valence-electron chi connectivity index (χ1n) is 7.76. The quantitative estimate of drug-likeness (QED) is 0.810. The van der Waals surface area contributed by atoms with E-state index < -0.39 is 17.2 Å². The van der Waals surface area contributed by atoms with Gasteiger partial charge < -0.3 is 10.6 Å². The van der Waals surface area contributed by atoms with E-state index in [1.807, 2.05) is 6.08 Å². The van der Waals surface area contributed by atoms with Crippen LogP contribution in [0.3, 0.4) is 0 Å². The first kappa shape index (κ1) is 18.8. The van der Waals surface area contributed by atoms with Gasteiger partial charge in [0.05, 0.1) is 11.0 Å². The third kappa shape index (κ3) is 3.92. The van der Waals surface area contributed by atoms with Gasteiger partial charge in [-0.25, -0.2) is 0 Å². The third-order valence-corrected chi connectivity index (χ3v) is 4.56. The highest BCUT2D eigenvalue weighted by atomic mass is 35.5. The molecule has 2 N–H and O–H groups in total. The lowest BCUT2D eigenvalue weighted by Crippen LogP contribution is -2.37. The monoisotopic (exact) mass is 360 g/mol. The zero-order chi connectivity index (χ0) is 16.5. The van der Waals surface area contributed by atoms with Crippen molar-refractivity contribution in [2.75, 3.05) is 19.6 Å². The minimum absolute atomic E-state index is 0. The maximum atomic E-state index is 12.9. The molecular weight excluding hydrogens is 341 g/mol. The van der Waals surface area contributed by atoms with E-state index in [-0.39, 0.29) is 18.3 Å². The summed E-state index contributed by atoms with van der Waals surface area (Å²) in [7, 11) is 0. The Kier molecular flexibility index (Phi) is 5.60. The van der Waals surface area contributed by atoms with Crippen molar-refractivity contribution in [2.45, 2.75) is 30.9 Å². The Balaban J connectivity index is 0.00000208. The van der Waals surface area contributed by atoms with Gasteiger partial charge in [0.1, 0.15) is 0 Å². The van der Waals surface area contributed by atoms with Crippen molar-refractivity contribution in [3.05, 3.63) is 47.0 Å². The molecule has 24 heavy (non-hydrogen) atoms. The fraction of sp³-hybridized carbons (Fsp3) is 0.471. The molecule has 1 saturated carbocycles. The average Bonchev–Trinajstić information content (AvgIpc) is 3.35. The lowest BCUT2D eigenvalue weighted by atomic mass is 9.93. The van der Waals surface area contributed by atoms with Gasteiger partial charge in [-0.1, -0.05) is 29.8 Å². The van der Waals surface area contributed by atoms with Crippen molar-refractivity contribution in [2.24, 2.45) is 0 Å². The van der Waals surface area contributed by atoms with Gasteiger partial charge in [-0.3, -0.25) is 4.79 Å². The van der Waals surface area contributed by atoms with Crippen LogP contribution in [0, 0.1) is 0 Å². The van der Waals surface area contributed by atoms with Gasteiger partial charge in [0.15, 0.2) is 0 Å². The molecule has 1 heterocycles. The summed E-state index contributed by atoms with van der Waals surface area (Å²) < 4.78 is 38.6. The summed E-state index contributed by atoms with van der Waals surface area (Å²) in [5.74, 6) is -0.170. The maximum absolute atomic E-state index is 12.9. The minimum Gasteiger partial charge on any atom is -0.352 e. The predicted octanol–water partition coefficient (Wildman–Crippen LogP) is 3.19. The second-order valence-corrected chi connectivity index (χ2v) is 6.16. The van der Waals surface area contributed by atoms with Crippen LogP contribution in [-0.2, 0) is 16.4 Å². The molecule has 0 atom stereocenters. The van der Waals surface area contributed by atoms with E-state index in [4.69, 9.17) is 0 Å². The molecule has 1 aliphatic carbocycles. The molecule has 1 aromatic carbocycles. The van der Waals surface area contributed by atoms with Gasteiger partial charge in [0.25, 0.3) is 0 Å². The fourth-order valence-corrected chi connectivity index (χ4v) is 2.96. The van der Waals surface area contributed by atoms with Crippen LogP contribution >= 0.6 is 12.4 Å². The summed E-state index contributed by atoms with van der Waals surface area (Å²) in [5.41, 5.74) is 0.144. The van der Waals surface area contributed by atoms with E-state index in [2.05, 4.69) is 10.6 Å². The highest BCUT2D eigenvalue weighted by molar-refractivity contribution is 5.91. The third-order valence-electron chi connectivity index (χ3n) is 4.56. The zero-order valence-electron chi connectivity index (χ0n) is 13.1. The van der Waals surface area contributed by atoms with E-state index in [1.54, 1.807) is 6.07 Å². The number of rotatable bonds is 4. The number of amides is 1. The summed E-state index contributed by atoms with van der Waals surface area (Å²) in [6.07, 6.45) is -0.256. The van der Waals surface area contributed by atoms with E-state index >= 15 is 0 Å². The van der Waals surface area contributed by atoms with Crippen molar-refractivity contribution in [1.29, 1.82) is 0 Å². The number of halogens is 4. The van der Waals surface area contributed by atoms with Crippen LogP contribution in [0.1, 0.15) is 30.4 Å². The van der Waals surface area contributed by atoms with Crippen molar-refractivity contribution in [3.8, 4) is 0 Å². The Hall–Kier alpha value is -1.53. The van der Waals surface area contributed by atoms with Crippen LogP contribution in [0.5, 0.6) is 0 Å². The number of carbonyl (C=O) groups excluding carboxylic acids is 1. The molecule has 1 aliphatic heterocycles. The number of hydrogen-bond acceptors (Lipinski definition) is 2. The first-order chi connectivity index (χ1) is 10.9. The van der Waals surface area contributed by atoms with E-state index in [0.717, 1.165) is 37.2 Å². The number of carbonyl (C=O) groups is 1. The Bertz CT molecular complexity index is 639. The highest BCUT2D eigenvalue weighted by Crippen LogP contribution is 2.49. The van der Waals surface area contributed by atoms with Crippen molar-refractivity contribution in [3.63, 3.8) is 0 Å². The van der Waals surface area contributed by atoms with Crippen LogP contribution in [0.4, 0.5) is 13.2 Å². The Morgan fingerprint density at radius 1 is 1.29 bits per heavy atom. The first-order valence-corrected chi connectivity index (χ1v) is 7.76. The molecule has 0 unspecified atom stereocenters. The number of hydrogen-bond donors (Lipinski definition) is 2. The summed E-state index contributed by atoms with van der Waals surface area (Å²) >= 11 is 0. The molecular formula is C17H20ClF3N2O. The normalized spacial score (nSPS) is 19.0. The summed E-state index contributed by atoms with van der Waals surface area (Å²) in [6, 6.07) is 5.14. The number of alkyl halides is 3. The smallest absolute Gasteiger partial charge is 0.352 e. The Morgan fingerprint density at radius 2 is 2.04 bits per heavy atom. The lowest BCUT2D eigenvalue weighted by molar-refractivity contribution is -0.137. The van der Waals surface area contributed by atoms with E-state index in [9.17, 15) is 18.0 Å². The standard InChI is InChI=1S/C17H19F3N2O.ClH/c18-17(19,20)14-3-1-2-13(10-14)16(6-7-16)15(23)22-11-12-4-8-21-9-5-12;/h1-4,10,21H,5-9,11H2,(H,22,23);1H. The Labute approximate surface area is 145 Å². The topological polar surface area (TPSA) is 41.1 Å². The molecule has 7 heteroatoms. The summed E-state index contributed by atoms with van der Waals surface area (Å²) in [6.45, 7) is 2.16. The molecule has 3 rings (SSSR count). The molecule has 3 nitrogen and oxygen atoms in total. The van der Waals surface area contributed by atoms with E-state index in [0.29, 0.717) is 24.9 Å². The second-order valence-electron chi connectivity index (χ2n) is 6.16. The molecule has 0 saturated heterocycles. The fourth-order valence-electron chi connectivity index (χ4n) is 2.96. The molecule has 1 fully saturated rings. The molecule has 0 spiro atoms. The highest BCUT2D eigenvalue weighted by Gasteiger charge is 2.51. The minimum atomic E-state index is -4.39. The van der Waals surface area contributed by atoms with Crippen LogP contribution in [0.25, 0.3) is 0 Å². The summed E-state index contributed by atoms with van der Waals surface area (Å²) in [4.78, 5) is 12.5.